The van der Waals surface area contributed by atoms with Gasteiger partial charge in [0.15, 0.2) is 18.3 Å². The van der Waals surface area contributed by atoms with Crippen LogP contribution in [-0.4, -0.2) is 21.0 Å². The highest BCUT2D eigenvalue weighted by molar-refractivity contribution is 14.1. The van der Waals surface area contributed by atoms with Gasteiger partial charge in [-0.1, -0.05) is 0 Å². The van der Waals surface area contributed by atoms with Crippen molar-refractivity contribution < 1.29 is 18.6 Å². The molecule has 0 aliphatic heterocycles. The van der Waals surface area contributed by atoms with Crippen molar-refractivity contribution >= 4 is 22.6 Å². The van der Waals surface area contributed by atoms with Gasteiger partial charge in [0.2, 0.25) is 0 Å². The van der Waals surface area contributed by atoms with Crippen molar-refractivity contribution in [2.45, 2.75) is 0 Å². The van der Waals surface area contributed by atoms with Crippen LogP contribution in [0.3, 0.4) is 0 Å². The van der Waals surface area contributed by atoms with Crippen molar-refractivity contribution in [1.82, 2.24) is 0 Å². The van der Waals surface area contributed by atoms with E-state index in [1.807, 2.05) is 22.6 Å². The average molecular weight is 312 g/mol. The maximum absolute atomic E-state index is 13.1. The predicted molar refractivity (Wildman–Crippen MR) is 58.2 cm³/mol. The zero-order chi connectivity index (χ0) is 10.6. The van der Waals surface area contributed by atoms with E-state index in [1.165, 1.54) is 20.3 Å². The molecule has 3 nitrogen and oxygen atoms in total. The van der Waals surface area contributed by atoms with Gasteiger partial charge >= 0.3 is 0 Å². The van der Waals surface area contributed by atoms with Crippen LogP contribution < -0.4 is 9.47 Å². The van der Waals surface area contributed by atoms with E-state index in [0.717, 1.165) is 0 Å². The molecule has 0 fully saturated rings. The Balaban J connectivity index is 2.95. The van der Waals surface area contributed by atoms with Gasteiger partial charge in [0.1, 0.15) is 5.82 Å². The lowest BCUT2D eigenvalue weighted by Gasteiger charge is -2.10. The maximum Gasteiger partial charge on any atom is 0.188 e. The zero-order valence-corrected chi connectivity index (χ0v) is 10.00. The number of hydrogen-bond acceptors (Lipinski definition) is 3. The standard InChI is InChI=1S/C9H10FIO3/c1-12-5-14-9-3-6(10)7(11)4-8(9)13-2/h3-4H,5H2,1-2H3. The van der Waals surface area contributed by atoms with Crippen molar-refractivity contribution in [3.8, 4) is 11.5 Å². The minimum atomic E-state index is -0.336. The number of hydrogen-bond donors (Lipinski definition) is 0. The maximum atomic E-state index is 13.1. The van der Waals surface area contributed by atoms with Crippen LogP contribution in [0.1, 0.15) is 0 Å². The molecule has 0 heterocycles. The Kier molecular flexibility index (Phi) is 4.40. The SMILES string of the molecule is COCOc1cc(F)c(I)cc1OC. The van der Waals surface area contributed by atoms with E-state index >= 15 is 0 Å². The molecule has 5 heteroatoms. The molecule has 0 bridgehead atoms. The number of ether oxygens (including phenoxy) is 3. The lowest BCUT2D eigenvalue weighted by atomic mass is 10.3. The van der Waals surface area contributed by atoms with Crippen molar-refractivity contribution in [3.63, 3.8) is 0 Å². The first-order valence-electron chi connectivity index (χ1n) is 3.83. The van der Waals surface area contributed by atoms with Crippen LogP contribution in [0.5, 0.6) is 11.5 Å². The first kappa shape index (κ1) is 11.5. The lowest BCUT2D eigenvalue weighted by molar-refractivity contribution is 0.0489. The molecular formula is C9H10FIO3. The fourth-order valence-electron chi connectivity index (χ4n) is 0.905. The van der Waals surface area contributed by atoms with Crippen molar-refractivity contribution in [2.24, 2.45) is 0 Å². The van der Waals surface area contributed by atoms with E-state index in [0.29, 0.717) is 15.1 Å². The average Bonchev–Trinajstić information content (AvgIpc) is 2.19. The third-order valence-electron chi connectivity index (χ3n) is 1.54. The van der Waals surface area contributed by atoms with Gasteiger partial charge in [-0.05, 0) is 22.6 Å². The topological polar surface area (TPSA) is 27.7 Å². The molecule has 0 radical (unpaired) electrons. The lowest BCUT2D eigenvalue weighted by Crippen LogP contribution is -2.01. The Morgan fingerprint density at radius 2 is 2.00 bits per heavy atom. The second kappa shape index (κ2) is 5.35. The molecular weight excluding hydrogens is 302 g/mol. The summed E-state index contributed by atoms with van der Waals surface area (Å²) in [5, 5.41) is 0. The van der Waals surface area contributed by atoms with Gasteiger partial charge < -0.3 is 14.2 Å². The summed E-state index contributed by atoms with van der Waals surface area (Å²) in [6.45, 7) is 0.0659. The molecule has 0 saturated carbocycles. The molecule has 0 atom stereocenters. The van der Waals surface area contributed by atoms with Crippen molar-refractivity contribution in [1.29, 1.82) is 0 Å². The molecule has 0 N–H and O–H groups in total. The molecule has 1 rings (SSSR count). The monoisotopic (exact) mass is 312 g/mol. The van der Waals surface area contributed by atoms with Gasteiger partial charge in [0.25, 0.3) is 0 Å². The van der Waals surface area contributed by atoms with Gasteiger partial charge in [-0.2, -0.15) is 0 Å². The Labute approximate surface area is 95.3 Å². The summed E-state index contributed by atoms with van der Waals surface area (Å²) in [7, 11) is 3.00. The molecule has 0 spiro atoms. The number of methoxy groups -OCH3 is 2. The van der Waals surface area contributed by atoms with Crippen LogP contribution in [0.4, 0.5) is 4.39 Å². The summed E-state index contributed by atoms with van der Waals surface area (Å²) in [4.78, 5) is 0. The normalized spacial score (nSPS) is 10.0. The van der Waals surface area contributed by atoms with E-state index in [-0.39, 0.29) is 12.6 Å². The molecule has 0 aliphatic carbocycles. The van der Waals surface area contributed by atoms with Crippen LogP contribution in [0.2, 0.25) is 0 Å². The summed E-state index contributed by atoms with van der Waals surface area (Å²) in [6.07, 6.45) is 0. The Bertz CT molecular complexity index is 317. The van der Waals surface area contributed by atoms with Crippen LogP contribution in [0.25, 0.3) is 0 Å². The van der Waals surface area contributed by atoms with Crippen LogP contribution in [0.15, 0.2) is 12.1 Å². The molecule has 0 aliphatic rings. The number of halogens is 2. The predicted octanol–water partition coefficient (Wildman–Crippen LogP) is 2.42. The molecule has 0 unspecified atom stereocenters. The molecule has 0 amide bonds. The molecule has 1 aromatic rings. The quantitative estimate of drug-likeness (QED) is 0.631. The molecule has 0 saturated heterocycles. The van der Waals surface area contributed by atoms with Crippen LogP contribution in [0, 0.1) is 9.39 Å². The minimum Gasteiger partial charge on any atom is -0.493 e. The van der Waals surface area contributed by atoms with E-state index in [9.17, 15) is 4.39 Å². The van der Waals surface area contributed by atoms with Gasteiger partial charge in [0, 0.05) is 19.2 Å². The van der Waals surface area contributed by atoms with E-state index in [4.69, 9.17) is 14.2 Å². The van der Waals surface area contributed by atoms with E-state index in [1.54, 1.807) is 6.07 Å². The number of benzene rings is 1. The van der Waals surface area contributed by atoms with Gasteiger partial charge in [0.05, 0.1) is 10.7 Å². The third kappa shape index (κ3) is 2.71. The minimum absolute atomic E-state index is 0.0659. The summed E-state index contributed by atoms with van der Waals surface area (Å²) in [6, 6.07) is 2.85. The molecule has 0 aromatic heterocycles. The highest BCUT2D eigenvalue weighted by Crippen LogP contribution is 2.30. The van der Waals surface area contributed by atoms with Crippen molar-refractivity contribution in [3.05, 3.63) is 21.5 Å². The Morgan fingerprint density at radius 1 is 1.29 bits per heavy atom. The molecule has 1 aromatic carbocycles. The van der Waals surface area contributed by atoms with Crippen molar-refractivity contribution in [2.75, 3.05) is 21.0 Å². The van der Waals surface area contributed by atoms with Gasteiger partial charge in [-0.15, -0.1) is 0 Å². The summed E-state index contributed by atoms with van der Waals surface area (Å²) < 4.78 is 28.5. The highest BCUT2D eigenvalue weighted by Gasteiger charge is 2.09. The third-order valence-corrected chi connectivity index (χ3v) is 2.37. The fourth-order valence-corrected chi connectivity index (χ4v) is 1.34. The van der Waals surface area contributed by atoms with E-state index < -0.39 is 0 Å². The first-order valence-corrected chi connectivity index (χ1v) is 4.91. The largest absolute Gasteiger partial charge is 0.493 e. The Hall–Kier alpha value is -0.560. The molecule has 14 heavy (non-hydrogen) atoms. The second-order valence-corrected chi connectivity index (χ2v) is 3.63. The fraction of sp³-hybridized carbons (Fsp3) is 0.333. The van der Waals surface area contributed by atoms with E-state index in [2.05, 4.69) is 0 Å². The Morgan fingerprint density at radius 3 is 2.57 bits per heavy atom. The van der Waals surface area contributed by atoms with Crippen LogP contribution in [-0.2, 0) is 4.74 Å². The van der Waals surface area contributed by atoms with Gasteiger partial charge in [-0.25, -0.2) is 4.39 Å². The molecule has 78 valence electrons. The zero-order valence-electron chi connectivity index (χ0n) is 7.84. The smallest absolute Gasteiger partial charge is 0.188 e. The second-order valence-electron chi connectivity index (χ2n) is 2.47. The van der Waals surface area contributed by atoms with Crippen LogP contribution >= 0.6 is 22.6 Å². The summed E-state index contributed by atoms with van der Waals surface area (Å²) in [5.41, 5.74) is 0. The highest BCUT2D eigenvalue weighted by atomic mass is 127. The van der Waals surface area contributed by atoms with Gasteiger partial charge in [-0.3, -0.25) is 0 Å². The summed E-state index contributed by atoms with van der Waals surface area (Å²) >= 11 is 1.89. The first-order chi connectivity index (χ1) is 6.69. The number of rotatable bonds is 4. The summed E-state index contributed by atoms with van der Waals surface area (Å²) in [5.74, 6) is 0.498.